The molecule has 1 aromatic heterocycles. The van der Waals surface area contributed by atoms with Gasteiger partial charge in [-0.15, -0.1) is 0 Å². The SMILES string of the molecule is CS(=O)(=O)N(Cc1cccc(Cl)c1Cl)c1ccc(C(=O)NCc2ccc(C(F)(F)F)cn2)cc1. The van der Waals surface area contributed by atoms with Crippen LogP contribution in [-0.4, -0.2) is 25.6 Å². The first-order valence-electron chi connectivity index (χ1n) is 9.67. The molecule has 0 aliphatic heterocycles. The highest BCUT2D eigenvalue weighted by atomic mass is 35.5. The van der Waals surface area contributed by atoms with E-state index in [1.807, 2.05) is 0 Å². The number of amides is 1. The second-order valence-electron chi connectivity index (χ2n) is 7.25. The number of benzene rings is 2. The van der Waals surface area contributed by atoms with Gasteiger partial charge in [0, 0.05) is 11.8 Å². The number of anilines is 1. The van der Waals surface area contributed by atoms with Gasteiger partial charge in [0.1, 0.15) is 0 Å². The van der Waals surface area contributed by atoms with Crippen molar-refractivity contribution in [3.8, 4) is 0 Å². The summed E-state index contributed by atoms with van der Waals surface area (Å²) in [5, 5.41) is 3.09. The smallest absolute Gasteiger partial charge is 0.346 e. The number of carbonyl (C=O) groups excluding carboxylic acids is 1. The molecule has 2 aromatic carbocycles. The number of aromatic nitrogens is 1. The van der Waals surface area contributed by atoms with E-state index in [9.17, 15) is 26.4 Å². The fourth-order valence-corrected chi connectivity index (χ4v) is 4.23. The van der Waals surface area contributed by atoms with Crippen LogP contribution in [0, 0.1) is 0 Å². The molecular formula is C22H18Cl2F3N3O3S. The number of nitrogens with zero attached hydrogens (tertiary/aromatic N) is 2. The van der Waals surface area contributed by atoms with Gasteiger partial charge in [-0.25, -0.2) is 8.42 Å². The predicted molar refractivity (Wildman–Crippen MR) is 124 cm³/mol. The van der Waals surface area contributed by atoms with Crippen molar-refractivity contribution in [2.45, 2.75) is 19.3 Å². The normalized spacial score (nSPS) is 11.8. The highest BCUT2D eigenvalue weighted by Gasteiger charge is 2.30. The van der Waals surface area contributed by atoms with E-state index in [1.165, 1.54) is 30.3 Å². The molecule has 0 aliphatic rings. The average Bonchev–Trinajstić information content (AvgIpc) is 2.77. The van der Waals surface area contributed by atoms with Crippen LogP contribution >= 0.6 is 23.2 Å². The van der Waals surface area contributed by atoms with Crippen LogP contribution in [0.2, 0.25) is 10.0 Å². The van der Waals surface area contributed by atoms with E-state index in [4.69, 9.17) is 23.2 Å². The number of halogens is 5. The quantitative estimate of drug-likeness (QED) is 0.448. The van der Waals surface area contributed by atoms with Gasteiger partial charge in [0.15, 0.2) is 0 Å². The minimum atomic E-state index is -4.49. The van der Waals surface area contributed by atoms with Crippen LogP contribution in [0.15, 0.2) is 60.8 Å². The Labute approximate surface area is 204 Å². The van der Waals surface area contributed by atoms with Crippen LogP contribution in [0.5, 0.6) is 0 Å². The topological polar surface area (TPSA) is 79.4 Å². The maximum Gasteiger partial charge on any atom is 0.417 e. The number of rotatable bonds is 7. The Morgan fingerprint density at radius 3 is 2.29 bits per heavy atom. The Morgan fingerprint density at radius 2 is 1.74 bits per heavy atom. The lowest BCUT2D eigenvalue weighted by atomic mass is 10.1. The van der Waals surface area contributed by atoms with E-state index in [0.717, 1.165) is 16.6 Å². The Hall–Kier alpha value is -2.82. The van der Waals surface area contributed by atoms with Gasteiger partial charge >= 0.3 is 6.18 Å². The van der Waals surface area contributed by atoms with Gasteiger partial charge in [0.2, 0.25) is 10.0 Å². The maximum absolute atomic E-state index is 12.6. The molecule has 3 rings (SSSR count). The number of carbonyl (C=O) groups is 1. The second kappa shape index (κ2) is 10.2. The van der Waals surface area contributed by atoms with Crippen molar-refractivity contribution >= 4 is 44.8 Å². The van der Waals surface area contributed by atoms with Crippen molar-refractivity contribution in [1.82, 2.24) is 10.3 Å². The van der Waals surface area contributed by atoms with E-state index in [-0.39, 0.29) is 29.4 Å². The van der Waals surface area contributed by atoms with Crippen LogP contribution < -0.4 is 9.62 Å². The standard InChI is InChI=1S/C22H18Cl2F3N3O3S/c1-34(32,33)30(13-15-3-2-4-19(23)20(15)24)18-9-5-14(6-10-18)21(31)29-12-17-8-7-16(11-28-17)22(25,26)27/h2-11H,12-13H2,1H3,(H,29,31). The number of hydrogen-bond acceptors (Lipinski definition) is 4. The van der Waals surface area contributed by atoms with Gasteiger partial charge in [-0.05, 0) is 48.0 Å². The third-order valence-electron chi connectivity index (χ3n) is 4.75. The lowest BCUT2D eigenvalue weighted by Gasteiger charge is -2.23. The zero-order valence-electron chi connectivity index (χ0n) is 17.6. The zero-order chi connectivity index (χ0) is 25.1. The highest BCUT2D eigenvalue weighted by Crippen LogP contribution is 2.30. The Morgan fingerprint density at radius 1 is 1.06 bits per heavy atom. The van der Waals surface area contributed by atoms with Crippen LogP contribution in [0.3, 0.4) is 0 Å². The summed E-state index contributed by atoms with van der Waals surface area (Å²) in [6.07, 6.45) is -2.75. The number of alkyl halides is 3. The molecule has 0 unspecified atom stereocenters. The number of pyridine rings is 1. The first-order chi connectivity index (χ1) is 15.9. The molecule has 0 saturated heterocycles. The van der Waals surface area contributed by atoms with Gasteiger partial charge in [-0.1, -0.05) is 35.3 Å². The lowest BCUT2D eigenvalue weighted by Crippen LogP contribution is -2.29. The highest BCUT2D eigenvalue weighted by molar-refractivity contribution is 7.92. The summed E-state index contributed by atoms with van der Waals surface area (Å²) in [6.45, 7) is -0.148. The number of sulfonamides is 1. The molecule has 0 atom stereocenters. The second-order valence-corrected chi connectivity index (χ2v) is 9.94. The van der Waals surface area contributed by atoms with Crippen molar-refractivity contribution in [2.24, 2.45) is 0 Å². The Balaban J connectivity index is 1.71. The molecule has 3 aromatic rings. The molecule has 0 radical (unpaired) electrons. The summed E-state index contributed by atoms with van der Waals surface area (Å²) in [5.41, 5.74) is 0.405. The largest absolute Gasteiger partial charge is 0.417 e. The van der Waals surface area contributed by atoms with Crippen LogP contribution in [-0.2, 0) is 29.3 Å². The van der Waals surface area contributed by atoms with Gasteiger partial charge in [0.05, 0.1) is 46.3 Å². The first-order valence-corrected chi connectivity index (χ1v) is 12.3. The molecule has 180 valence electrons. The van der Waals surface area contributed by atoms with E-state index >= 15 is 0 Å². The van der Waals surface area contributed by atoms with Crippen molar-refractivity contribution in [3.63, 3.8) is 0 Å². The average molecular weight is 532 g/mol. The summed E-state index contributed by atoms with van der Waals surface area (Å²) in [7, 11) is -3.70. The Bertz CT molecular complexity index is 1280. The molecule has 12 heteroatoms. The van der Waals surface area contributed by atoms with E-state index < -0.39 is 27.7 Å². The molecular weight excluding hydrogens is 514 g/mol. The van der Waals surface area contributed by atoms with Crippen LogP contribution in [0.1, 0.15) is 27.2 Å². The van der Waals surface area contributed by atoms with Crippen LogP contribution in [0.4, 0.5) is 18.9 Å². The molecule has 6 nitrogen and oxygen atoms in total. The minimum absolute atomic E-state index is 0.0661. The van der Waals surface area contributed by atoms with E-state index in [0.29, 0.717) is 22.5 Å². The fraction of sp³-hybridized carbons (Fsp3) is 0.182. The van der Waals surface area contributed by atoms with Crippen molar-refractivity contribution in [1.29, 1.82) is 0 Å². The summed E-state index contributed by atoms with van der Waals surface area (Å²) < 4.78 is 63.7. The summed E-state index contributed by atoms with van der Waals surface area (Å²) in [6, 6.07) is 12.8. The van der Waals surface area contributed by atoms with Crippen molar-refractivity contribution < 1.29 is 26.4 Å². The summed E-state index contributed by atoms with van der Waals surface area (Å²) >= 11 is 12.2. The number of nitrogens with one attached hydrogen (secondary N) is 1. The van der Waals surface area contributed by atoms with Gasteiger partial charge in [0.25, 0.3) is 5.91 Å². The summed E-state index contributed by atoms with van der Waals surface area (Å²) in [5.74, 6) is -0.503. The molecule has 0 aliphatic carbocycles. The molecule has 1 N–H and O–H groups in total. The third-order valence-corrected chi connectivity index (χ3v) is 6.74. The van der Waals surface area contributed by atoms with Crippen molar-refractivity contribution in [3.05, 3.63) is 93.2 Å². The minimum Gasteiger partial charge on any atom is -0.346 e. The zero-order valence-corrected chi connectivity index (χ0v) is 19.9. The lowest BCUT2D eigenvalue weighted by molar-refractivity contribution is -0.137. The van der Waals surface area contributed by atoms with Gasteiger partial charge in [-0.3, -0.25) is 14.1 Å². The molecule has 1 amide bonds. The Kier molecular flexibility index (Phi) is 7.74. The first kappa shape index (κ1) is 25.8. The predicted octanol–water partition coefficient (Wildman–Crippen LogP) is 5.30. The van der Waals surface area contributed by atoms with Crippen LogP contribution in [0.25, 0.3) is 0 Å². The van der Waals surface area contributed by atoms with E-state index in [1.54, 1.807) is 18.2 Å². The van der Waals surface area contributed by atoms with E-state index in [2.05, 4.69) is 10.3 Å². The third kappa shape index (κ3) is 6.40. The molecule has 34 heavy (non-hydrogen) atoms. The molecule has 0 saturated carbocycles. The molecule has 0 bridgehead atoms. The van der Waals surface area contributed by atoms with Gasteiger partial charge in [-0.2, -0.15) is 13.2 Å². The molecule has 0 spiro atoms. The molecule has 0 fully saturated rings. The fourth-order valence-electron chi connectivity index (χ4n) is 2.97. The van der Waals surface area contributed by atoms with Gasteiger partial charge < -0.3 is 5.32 Å². The maximum atomic E-state index is 12.6. The monoisotopic (exact) mass is 531 g/mol. The summed E-state index contributed by atoms with van der Waals surface area (Å²) in [4.78, 5) is 16.1. The van der Waals surface area contributed by atoms with Crippen molar-refractivity contribution in [2.75, 3.05) is 10.6 Å². The molecule has 1 heterocycles. The number of hydrogen-bond donors (Lipinski definition) is 1.